The van der Waals surface area contributed by atoms with Gasteiger partial charge in [0.15, 0.2) is 4.96 Å². The van der Waals surface area contributed by atoms with Gasteiger partial charge in [-0.15, -0.1) is 11.3 Å². The Bertz CT molecular complexity index is 913. The molecule has 0 aliphatic carbocycles. The van der Waals surface area contributed by atoms with Gasteiger partial charge in [0.05, 0.1) is 5.69 Å². The Kier molecular flexibility index (Phi) is 3.64. The summed E-state index contributed by atoms with van der Waals surface area (Å²) in [5.74, 6) is -0.813. The van der Waals surface area contributed by atoms with Crippen LogP contribution in [0.1, 0.15) is 21.7 Å². The zero-order valence-electron chi connectivity index (χ0n) is 11.6. The fourth-order valence-corrected chi connectivity index (χ4v) is 2.93. The molecule has 112 valence electrons. The van der Waals surface area contributed by atoms with Crippen LogP contribution in [-0.4, -0.2) is 20.5 Å². The van der Waals surface area contributed by atoms with Gasteiger partial charge in [-0.25, -0.2) is 9.78 Å². The number of aromatic hydroxyl groups is 1. The van der Waals surface area contributed by atoms with Crippen LogP contribution in [0.3, 0.4) is 0 Å². The molecule has 2 aromatic heterocycles. The Labute approximate surface area is 129 Å². The molecule has 0 saturated carbocycles. The molecule has 0 aliphatic rings. The second-order valence-electron chi connectivity index (χ2n) is 4.67. The molecule has 0 unspecified atom stereocenters. The van der Waals surface area contributed by atoms with Crippen LogP contribution < -0.4 is 5.56 Å². The molecule has 3 rings (SSSR count). The van der Waals surface area contributed by atoms with Crippen LogP contribution in [0, 0.1) is 6.92 Å². The number of fused-ring (bicyclic) bond motifs is 1. The molecule has 3 aromatic rings. The van der Waals surface area contributed by atoms with E-state index >= 15 is 0 Å². The largest absolute Gasteiger partial charge is 0.507 e. The number of ether oxygens (including phenoxy) is 1. The lowest BCUT2D eigenvalue weighted by Crippen LogP contribution is -2.16. The number of phenolic OH excluding ortho intramolecular Hbond substituents is 1. The number of carbonyl (C=O) groups excluding carboxylic acids is 1. The van der Waals surface area contributed by atoms with Crippen LogP contribution in [0.4, 0.5) is 0 Å². The van der Waals surface area contributed by atoms with Gasteiger partial charge in [0, 0.05) is 17.1 Å². The van der Waals surface area contributed by atoms with E-state index in [1.54, 1.807) is 12.1 Å². The number of phenols is 1. The summed E-state index contributed by atoms with van der Waals surface area (Å²) in [5, 5.41) is 11.4. The number of hydrogen-bond acceptors (Lipinski definition) is 6. The first-order valence-corrected chi connectivity index (χ1v) is 7.36. The summed E-state index contributed by atoms with van der Waals surface area (Å²) in [6, 6.07) is 7.45. The predicted molar refractivity (Wildman–Crippen MR) is 81.3 cm³/mol. The van der Waals surface area contributed by atoms with Gasteiger partial charge in [-0.2, -0.15) is 0 Å². The third kappa shape index (κ3) is 2.58. The lowest BCUT2D eigenvalue weighted by Gasteiger charge is -2.06. The summed E-state index contributed by atoms with van der Waals surface area (Å²) in [6.45, 7) is 1.69. The second-order valence-corrected chi connectivity index (χ2v) is 5.51. The molecule has 1 aromatic carbocycles. The van der Waals surface area contributed by atoms with Crippen molar-refractivity contribution in [2.24, 2.45) is 0 Å². The number of thiazole rings is 1. The van der Waals surface area contributed by atoms with Crippen molar-refractivity contribution in [1.29, 1.82) is 0 Å². The lowest BCUT2D eigenvalue weighted by atomic mass is 10.2. The van der Waals surface area contributed by atoms with Gasteiger partial charge in [-0.05, 0) is 19.1 Å². The number of aromatic nitrogens is 2. The van der Waals surface area contributed by atoms with Crippen LogP contribution in [0.2, 0.25) is 0 Å². The van der Waals surface area contributed by atoms with Crippen LogP contribution >= 0.6 is 11.3 Å². The fourth-order valence-electron chi connectivity index (χ4n) is 2.04. The lowest BCUT2D eigenvalue weighted by molar-refractivity contribution is 0.0464. The minimum absolute atomic E-state index is 0.0762. The summed E-state index contributed by atoms with van der Waals surface area (Å²) in [7, 11) is 0. The average Bonchev–Trinajstić information content (AvgIpc) is 2.87. The third-order valence-corrected chi connectivity index (χ3v) is 4.05. The smallest absolute Gasteiger partial charge is 0.342 e. The Morgan fingerprint density at radius 1 is 1.41 bits per heavy atom. The first kappa shape index (κ1) is 14.3. The Morgan fingerprint density at radius 2 is 2.18 bits per heavy atom. The third-order valence-electron chi connectivity index (χ3n) is 3.10. The standard InChI is InChI=1S/C15H12N2O4S/c1-9-8-22-15-16-10(6-13(19)17(9)15)7-21-14(20)11-4-2-3-5-12(11)18/h2-6,8,18H,7H2,1H3. The molecule has 7 heteroatoms. The highest BCUT2D eigenvalue weighted by Gasteiger charge is 2.13. The van der Waals surface area contributed by atoms with Gasteiger partial charge in [0.1, 0.15) is 17.9 Å². The molecular weight excluding hydrogens is 304 g/mol. The van der Waals surface area contributed by atoms with Crippen molar-refractivity contribution >= 4 is 22.3 Å². The molecule has 0 radical (unpaired) electrons. The van der Waals surface area contributed by atoms with Gasteiger partial charge in [-0.3, -0.25) is 9.20 Å². The van der Waals surface area contributed by atoms with Crippen molar-refractivity contribution < 1.29 is 14.6 Å². The van der Waals surface area contributed by atoms with Crippen LogP contribution in [0.25, 0.3) is 4.96 Å². The van der Waals surface area contributed by atoms with Crippen molar-refractivity contribution in [3.63, 3.8) is 0 Å². The van der Waals surface area contributed by atoms with Gasteiger partial charge in [0.2, 0.25) is 0 Å². The fraction of sp³-hybridized carbons (Fsp3) is 0.133. The number of aryl methyl sites for hydroxylation is 1. The molecule has 0 atom stereocenters. The van der Waals surface area contributed by atoms with Crippen molar-refractivity contribution in [3.8, 4) is 5.75 Å². The predicted octanol–water partition coefficient (Wildman–Crippen LogP) is 2.13. The molecule has 0 aliphatic heterocycles. The minimum Gasteiger partial charge on any atom is -0.507 e. The van der Waals surface area contributed by atoms with Crippen LogP contribution in [0.5, 0.6) is 5.75 Å². The first-order chi connectivity index (χ1) is 10.6. The zero-order chi connectivity index (χ0) is 15.7. The van der Waals surface area contributed by atoms with Gasteiger partial charge in [-0.1, -0.05) is 12.1 Å². The van der Waals surface area contributed by atoms with E-state index in [0.29, 0.717) is 10.7 Å². The van der Waals surface area contributed by atoms with E-state index in [1.165, 1.54) is 33.9 Å². The van der Waals surface area contributed by atoms with E-state index in [2.05, 4.69) is 4.98 Å². The molecule has 2 heterocycles. The highest BCUT2D eigenvalue weighted by Crippen LogP contribution is 2.17. The monoisotopic (exact) mass is 316 g/mol. The van der Waals surface area contributed by atoms with E-state index in [1.807, 2.05) is 12.3 Å². The average molecular weight is 316 g/mol. The maximum Gasteiger partial charge on any atom is 0.342 e. The van der Waals surface area contributed by atoms with E-state index < -0.39 is 5.97 Å². The van der Waals surface area contributed by atoms with Gasteiger partial charge < -0.3 is 9.84 Å². The molecule has 1 N–H and O–H groups in total. The second kappa shape index (κ2) is 5.61. The maximum absolute atomic E-state index is 12.0. The summed E-state index contributed by atoms with van der Waals surface area (Å²) in [4.78, 5) is 28.7. The van der Waals surface area contributed by atoms with Crippen molar-refractivity contribution in [2.45, 2.75) is 13.5 Å². The minimum atomic E-state index is -0.664. The number of benzene rings is 1. The number of hydrogen-bond donors (Lipinski definition) is 1. The van der Waals surface area contributed by atoms with Crippen molar-refractivity contribution in [2.75, 3.05) is 0 Å². The molecule has 6 nitrogen and oxygen atoms in total. The first-order valence-electron chi connectivity index (χ1n) is 6.48. The summed E-state index contributed by atoms with van der Waals surface area (Å²) in [6.07, 6.45) is 0. The van der Waals surface area contributed by atoms with Crippen LogP contribution in [0.15, 0.2) is 40.5 Å². The SMILES string of the molecule is Cc1csc2nc(COC(=O)c3ccccc3O)cc(=O)n12. The Hall–Kier alpha value is -2.67. The van der Waals surface area contributed by atoms with E-state index in [4.69, 9.17) is 4.74 Å². The summed E-state index contributed by atoms with van der Waals surface area (Å²) >= 11 is 1.35. The van der Waals surface area contributed by atoms with Crippen LogP contribution in [-0.2, 0) is 11.3 Å². The zero-order valence-corrected chi connectivity index (χ0v) is 12.5. The number of nitrogens with zero attached hydrogens (tertiary/aromatic N) is 2. The quantitative estimate of drug-likeness (QED) is 0.749. The van der Waals surface area contributed by atoms with Gasteiger partial charge in [0.25, 0.3) is 5.56 Å². The normalized spacial score (nSPS) is 10.8. The summed E-state index contributed by atoms with van der Waals surface area (Å²) in [5.41, 5.74) is 1.05. The van der Waals surface area contributed by atoms with Crippen molar-refractivity contribution in [3.05, 3.63) is 63.0 Å². The van der Waals surface area contributed by atoms with Crippen molar-refractivity contribution in [1.82, 2.24) is 9.38 Å². The Morgan fingerprint density at radius 3 is 2.95 bits per heavy atom. The topological polar surface area (TPSA) is 80.9 Å². The maximum atomic E-state index is 12.0. The molecule has 0 saturated heterocycles. The molecule has 0 amide bonds. The highest BCUT2D eigenvalue weighted by atomic mass is 32.1. The molecular formula is C15H12N2O4S. The molecule has 0 bridgehead atoms. The van der Waals surface area contributed by atoms with Gasteiger partial charge >= 0.3 is 5.97 Å². The number of rotatable bonds is 3. The van der Waals surface area contributed by atoms with E-state index in [0.717, 1.165) is 5.69 Å². The molecule has 0 fully saturated rings. The molecule has 22 heavy (non-hydrogen) atoms. The highest BCUT2D eigenvalue weighted by molar-refractivity contribution is 7.15. The number of esters is 1. The number of para-hydroxylation sites is 1. The Balaban J connectivity index is 1.81. The van der Waals surface area contributed by atoms with E-state index in [-0.39, 0.29) is 23.5 Å². The number of carbonyl (C=O) groups is 1. The summed E-state index contributed by atoms with van der Waals surface area (Å²) < 4.78 is 6.60. The van der Waals surface area contributed by atoms with E-state index in [9.17, 15) is 14.7 Å². The molecule has 0 spiro atoms.